The lowest BCUT2D eigenvalue weighted by atomic mass is 9.85. The number of carbonyl (C=O) groups is 1. The van der Waals surface area contributed by atoms with Crippen LogP contribution in [0.2, 0.25) is 0 Å². The zero-order chi connectivity index (χ0) is 24.0. The fourth-order valence-electron chi connectivity index (χ4n) is 4.57. The van der Waals surface area contributed by atoms with Gasteiger partial charge in [0.2, 0.25) is 5.91 Å². The van der Waals surface area contributed by atoms with Crippen molar-refractivity contribution in [3.05, 3.63) is 42.9 Å². The highest BCUT2D eigenvalue weighted by Crippen LogP contribution is 2.45. The summed E-state index contributed by atoms with van der Waals surface area (Å²) in [5.41, 5.74) is 1.34. The number of amides is 1. The minimum absolute atomic E-state index is 0.205. The van der Waals surface area contributed by atoms with E-state index >= 15 is 0 Å². The molecule has 1 fully saturated rings. The Morgan fingerprint density at radius 2 is 1.94 bits per heavy atom. The van der Waals surface area contributed by atoms with Crippen LogP contribution in [0.1, 0.15) is 19.4 Å². The van der Waals surface area contributed by atoms with E-state index in [9.17, 15) is 15.0 Å². The van der Waals surface area contributed by atoms with Gasteiger partial charge in [-0.3, -0.25) is 4.79 Å². The number of hydrogen-bond acceptors (Lipinski definition) is 9. The molecule has 3 aromatic heterocycles. The standard InChI is InChI=1S/C22H25N9O3/c1-22(20(34)24-3)9-14(16(32)17(22)33)30-11-25-15-18(23-2)26-21(27-19(15)30)31-10-13(28-29-31)12-7-5-4-6-8-12/h4-8,10-11,14,16-17,32-33H,9H2,1-3H3,(H,24,34)(H,23,26,27)/t14-,16+,17+,22?/m1/s1. The highest BCUT2D eigenvalue weighted by molar-refractivity contribution is 5.85. The summed E-state index contributed by atoms with van der Waals surface area (Å²) >= 11 is 0. The molecule has 0 radical (unpaired) electrons. The molecule has 0 aliphatic heterocycles. The molecule has 0 spiro atoms. The van der Waals surface area contributed by atoms with E-state index in [0.717, 1.165) is 5.56 Å². The first-order valence-electron chi connectivity index (χ1n) is 10.9. The van der Waals surface area contributed by atoms with E-state index in [-0.39, 0.29) is 18.3 Å². The molecule has 4 N–H and O–H groups in total. The number of benzene rings is 1. The second-order valence-corrected chi connectivity index (χ2v) is 8.56. The van der Waals surface area contributed by atoms with Crippen LogP contribution in [0, 0.1) is 5.41 Å². The molecule has 1 saturated carbocycles. The number of imidazole rings is 1. The zero-order valence-electron chi connectivity index (χ0n) is 18.9. The third kappa shape index (κ3) is 3.30. The zero-order valence-corrected chi connectivity index (χ0v) is 18.9. The summed E-state index contributed by atoms with van der Waals surface area (Å²) in [7, 11) is 3.23. The summed E-state index contributed by atoms with van der Waals surface area (Å²) in [6.45, 7) is 1.64. The van der Waals surface area contributed by atoms with E-state index < -0.39 is 23.7 Å². The van der Waals surface area contributed by atoms with Crippen LogP contribution in [0.25, 0.3) is 28.4 Å². The lowest BCUT2D eigenvalue weighted by Gasteiger charge is -2.26. The topological polar surface area (TPSA) is 156 Å². The monoisotopic (exact) mass is 463 g/mol. The van der Waals surface area contributed by atoms with Gasteiger partial charge in [0.1, 0.15) is 11.8 Å². The number of fused-ring (bicyclic) bond motifs is 1. The lowest BCUT2D eigenvalue weighted by molar-refractivity contribution is -0.136. The molecule has 0 saturated heterocycles. The minimum atomic E-state index is -1.25. The summed E-state index contributed by atoms with van der Waals surface area (Å²) in [6, 6.07) is 9.01. The van der Waals surface area contributed by atoms with Gasteiger partial charge in [-0.25, -0.2) is 4.98 Å². The molecule has 0 bridgehead atoms. The highest BCUT2D eigenvalue weighted by atomic mass is 16.3. The predicted molar refractivity (Wildman–Crippen MR) is 123 cm³/mol. The maximum atomic E-state index is 12.5. The number of anilines is 1. The van der Waals surface area contributed by atoms with Crippen LogP contribution in [-0.2, 0) is 4.79 Å². The Kier molecular flexibility index (Phi) is 5.25. The minimum Gasteiger partial charge on any atom is -0.389 e. The Hall–Kier alpha value is -3.90. The fourth-order valence-corrected chi connectivity index (χ4v) is 4.57. The third-order valence-corrected chi connectivity index (χ3v) is 6.52. The van der Waals surface area contributed by atoms with E-state index in [2.05, 4.69) is 35.9 Å². The first-order valence-corrected chi connectivity index (χ1v) is 10.9. The second-order valence-electron chi connectivity index (χ2n) is 8.56. The predicted octanol–water partition coefficient (Wildman–Crippen LogP) is 0.535. The maximum Gasteiger partial charge on any atom is 0.256 e. The molecule has 5 rings (SSSR count). The number of carbonyl (C=O) groups excluding carboxylic acids is 1. The van der Waals surface area contributed by atoms with Gasteiger partial charge >= 0.3 is 0 Å². The first kappa shape index (κ1) is 21.9. The van der Waals surface area contributed by atoms with Gasteiger partial charge in [0.05, 0.1) is 30.1 Å². The molecule has 1 aliphatic rings. The van der Waals surface area contributed by atoms with E-state index in [1.54, 1.807) is 24.7 Å². The quantitative estimate of drug-likeness (QED) is 0.332. The molecule has 12 nitrogen and oxygen atoms in total. The molecular weight excluding hydrogens is 438 g/mol. The van der Waals surface area contributed by atoms with Crippen molar-refractivity contribution in [2.24, 2.45) is 5.41 Å². The molecule has 34 heavy (non-hydrogen) atoms. The lowest BCUT2D eigenvalue weighted by Crippen LogP contribution is -2.45. The largest absolute Gasteiger partial charge is 0.389 e. The van der Waals surface area contributed by atoms with Crippen LogP contribution >= 0.6 is 0 Å². The fraction of sp³-hybridized carbons (Fsp3) is 0.364. The Morgan fingerprint density at radius 1 is 1.18 bits per heavy atom. The number of hydrogen-bond donors (Lipinski definition) is 4. The summed E-state index contributed by atoms with van der Waals surface area (Å²) in [5.74, 6) is 0.390. The number of aliphatic hydroxyl groups excluding tert-OH is 2. The van der Waals surface area contributed by atoms with Crippen LogP contribution in [0.3, 0.4) is 0 Å². The van der Waals surface area contributed by atoms with Gasteiger partial charge in [0.15, 0.2) is 17.0 Å². The van der Waals surface area contributed by atoms with Crippen molar-refractivity contribution in [3.8, 4) is 17.2 Å². The summed E-state index contributed by atoms with van der Waals surface area (Å²) in [4.78, 5) is 26.1. The Bertz CT molecular complexity index is 1350. The van der Waals surface area contributed by atoms with Crippen LogP contribution in [-0.4, -0.2) is 76.9 Å². The molecular formula is C22H25N9O3. The van der Waals surface area contributed by atoms with Gasteiger partial charge in [-0.2, -0.15) is 14.6 Å². The van der Waals surface area contributed by atoms with E-state index in [1.165, 1.54) is 18.1 Å². The van der Waals surface area contributed by atoms with Gasteiger partial charge in [-0.05, 0) is 13.3 Å². The second kappa shape index (κ2) is 8.15. The SMILES string of the molecule is CNC(=O)C1(C)C[C@@H](n2cnc3c(NC)nc(-n4cc(-c5ccccc5)nn4)nc32)[C@H](O)[C@@H]1O. The average Bonchev–Trinajstić information content (AvgIpc) is 3.58. The van der Waals surface area contributed by atoms with Gasteiger partial charge in [0, 0.05) is 19.7 Å². The number of aliphatic hydroxyl groups is 2. The summed E-state index contributed by atoms with van der Waals surface area (Å²) in [6.07, 6.45) is 1.04. The molecule has 1 unspecified atom stereocenters. The van der Waals surface area contributed by atoms with Crippen molar-refractivity contribution in [1.29, 1.82) is 0 Å². The van der Waals surface area contributed by atoms with E-state index in [0.29, 0.717) is 22.7 Å². The Morgan fingerprint density at radius 3 is 2.65 bits per heavy atom. The molecule has 4 aromatic rings. The number of nitrogens with one attached hydrogen (secondary N) is 2. The van der Waals surface area contributed by atoms with Crippen LogP contribution in [0.15, 0.2) is 42.9 Å². The van der Waals surface area contributed by atoms with Crippen LogP contribution < -0.4 is 10.6 Å². The van der Waals surface area contributed by atoms with Gasteiger partial charge in [0.25, 0.3) is 5.95 Å². The van der Waals surface area contributed by atoms with Gasteiger partial charge in [-0.15, -0.1) is 5.10 Å². The Balaban J connectivity index is 1.58. The van der Waals surface area contributed by atoms with Crippen molar-refractivity contribution in [3.63, 3.8) is 0 Å². The summed E-state index contributed by atoms with van der Waals surface area (Å²) in [5, 5.41) is 35.5. The smallest absolute Gasteiger partial charge is 0.256 e. The third-order valence-electron chi connectivity index (χ3n) is 6.52. The molecule has 1 aromatic carbocycles. The highest BCUT2D eigenvalue weighted by Gasteiger charge is 2.54. The molecule has 1 amide bonds. The van der Waals surface area contributed by atoms with Gasteiger partial charge in [-0.1, -0.05) is 35.5 Å². The molecule has 176 valence electrons. The number of nitrogens with zero attached hydrogens (tertiary/aromatic N) is 7. The van der Waals surface area contributed by atoms with Crippen molar-refractivity contribution in [2.45, 2.75) is 31.6 Å². The number of rotatable bonds is 5. The number of aromatic nitrogens is 7. The van der Waals surface area contributed by atoms with Gasteiger partial charge < -0.3 is 25.4 Å². The van der Waals surface area contributed by atoms with Crippen molar-refractivity contribution < 1.29 is 15.0 Å². The van der Waals surface area contributed by atoms with Crippen molar-refractivity contribution in [2.75, 3.05) is 19.4 Å². The van der Waals surface area contributed by atoms with E-state index in [1.807, 2.05) is 30.3 Å². The van der Waals surface area contributed by atoms with Crippen LogP contribution in [0.5, 0.6) is 0 Å². The molecule has 12 heteroatoms. The molecule has 3 heterocycles. The first-order chi connectivity index (χ1) is 16.4. The molecule has 4 atom stereocenters. The Labute approximate surface area is 194 Å². The average molecular weight is 464 g/mol. The van der Waals surface area contributed by atoms with Crippen LogP contribution in [0.4, 0.5) is 5.82 Å². The molecule has 1 aliphatic carbocycles. The van der Waals surface area contributed by atoms with Crippen molar-refractivity contribution in [1.82, 2.24) is 39.8 Å². The maximum absolute atomic E-state index is 12.5. The van der Waals surface area contributed by atoms with Crippen molar-refractivity contribution >= 4 is 22.9 Å². The normalized spacial score (nSPS) is 24.4. The summed E-state index contributed by atoms with van der Waals surface area (Å²) < 4.78 is 3.15. The van der Waals surface area contributed by atoms with E-state index in [4.69, 9.17) is 0 Å².